The van der Waals surface area contributed by atoms with Gasteiger partial charge in [-0.3, -0.25) is 4.68 Å². The van der Waals surface area contributed by atoms with E-state index in [0.717, 1.165) is 30.0 Å². The molecule has 0 aromatic carbocycles. The van der Waals surface area contributed by atoms with Crippen LogP contribution >= 0.6 is 0 Å². The fourth-order valence-corrected chi connectivity index (χ4v) is 4.18. The number of hydrogen-bond donors (Lipinski definition) is 1. The third-order valence-corrected chi connectivity index (χ3v) is 5.17. The number of aryl methyl sites for hydroxylation is 2. The van der Waals surface area contributed by atoms with Crippen LogP contribution in [-0.2, 0) is 13.0 Å². The van der Waals surface area contributed by atoms with E-state index < -0.39 is 0 Å². The fourth-order valence-electron chi connectivity index (χ4n) is 4.18. The van der Waals surface area contributed by atoms with Gasteiger partial charge in [0.1, 0.15) is 0 Å². The van der Waals surface area contributed by atoms with E-state index in [4.69, 9.17) is 0 Å². The van der Waals surface area contributed by atoms with Gasteiger partial charge in [0.05, 0.1) is 5.69 Å². The Labute approximate surface area is 130 Å². The summed E-state index contributed by atoms with van der Waals surface area (Å²) in [6.45, 7) is 8.79. The summed E-state index contributed by atoms with van der Waals surface area (Å²) >= 11 is 0. The lowest BCUT2D eigenvalue weighted by atomic mass is 9.71. The van der Waals surface area contributed by atoms with Crippen molar-refractivity contribution in [3.63, 3.8) is 0 Å². The van der Waals surface area contributed by atoms with E-state index in [1.807, 2.05) is 0 Å². The second-order valence-electron chi connectivity index (χ2n) is 6.84. The number of nitrogens with zero attached hydrogens (tertiary/aromatic N) is 2. The van der Waals surface area contributed by atoms with Crippen LogP contribution < -0.4 is 5.32 Å². The minimum Gasteiger partial charge on any atom is -0.319 e. The summed E-state index contributed by atoms with van der Waals surface area (Å²) in [5.41, 5.74) is 2.61. The van der Waals surface area contributed by atoms with Crippen molar-refractivity contribution < 1.29 is 0 Å². The van der Waals surface area contributed by atoms with Crippen LogP contribution in [-0.4, -0.2) is 23.4 Å². The van der Waals surface area contributed by atoms with E-state index in [1.54, 1.807) is 0 Å². The molecular formula is C18H33N3. The van der Waals surface area contributed by atoms with Crippen molar-refractivity contribution in [2.75, 3.05) is 13.6 Å². The molecule has 2 rings (SSSR count). The van der Waals surface area contributed by atoms with Gasteiger partial charge in [-0.2, -0.15) is 5.10 Å². The van der Waals surface area contributed by atoms with Crippen LogP contribution in [0.3, 0.4) is 0 Å². The summed E-state index contributed by atoms with van der Waals surface area (Å²) in [5.74, 6) is 2.61. The molecule has 0 spiro atoms. The van der Waals surface area contributed by atoms with Crippen molar-refractivity contribution in [1.82, 2.24) is 15.1 Å². The van der Waals surface area contributed by atoms with Crippen LogP contribution in [0.4, 0.5) is 0 Å². The van der Waals surface area contributed by atoms with Gasteiger partial charge < -0.3 is 5.32 Å². The van der Waals surface area contributed by atoms with E-state index in [1.165, 1.54) is 50.8 Å². The zero-order valence-electron chi connectivity index (χ0n) is 14.4. The van der Waals surface area contributed by atoms with Gasteiger partial charge in [0.2, 0.25) is 0 Å². The Morgan fingerprint density at radius 2 is 2.10 bits per heavy atom. The normalized spacial score (nSPS) is 26.2. The summed E-state index contributed by atoms with van der Waals surface area (Å²) in [6, 6.07) is 2.30. The van der Waals surface area contributed by atoms with Crippen molar-refractivity contribution in [2.24, 2.45) is 17.8 Å². The van der Waals surface area contributed by atoms with Crippen molar-refractivity contribution in [1.29, 1.82) is 0 Å². The van der Waals surface area contributed by atoms with E-state index in [9.17, 15) is 0 Å². The number of hydrogen-bond acceptors (Lipinski definition) is 2. The summed E-state index contributed by atoms with van der Waals surface area (Å²) in [5, 5.41) is 8.03. The first kappa shape index (κ1) is 16.5. The molecule has 1 fully saturated rings. The van der Waals surface area contributed by atoms with E-state index in [-0.39, 0.29) is 0 Å². The van der Waals surface area contributed by atoms with Crippen molar-refractivity contribution >= 4 is 0 Å². The second-order valence-corrected chi connectivity index (χ2v) is 6.84. The van der Waals surface area contributed by atoms with Gasteiger partial charge in [0.25, 0.3) is 0 Å². The van der Waals surface area contributed by atoms with Crippen molar-refractivity contribution in [3.8, 4) is 0 Å². The highest BCUT2D eigenvalue weighted by atomic mass is 15.3. The summed E-state index contributed by atoms with van der Waals surface area (Å²) in [4.78, 5) is 0. The average Bonchev–Trinajstić information content (AvgIpc) is 2.82. The second kappa shape index (κ2) is 7.98. The maximum atomic E-state index is 4.62. The molecule has 1 aliphatic rings. The maximum Gasteiger partial charge on any atom is 0.0596 e. The van der Waals surface area contributed by atoms with Crippen molar-refractivity contribution in [2.45, 2.75) is 65.8 Å². The molecule has 0 bridgehead atoms. The average molecular weight is 291 g/mol. The monoisotopic (exact) mass is 291 g/mol. The highest BCUT2D eigenvalue weighted by Gasteiger charge is 2.30. The third-order valence-electron chi connectivity index (χ3n) is 5.17. The third kappa shape index (κ3) is 4.32. The van der Waals surface area contributed by atoms with E-state index in [0.29, 0.717) is 0 Å². The molecule has 0 amide bonds. The van der Waals surface area contributed by atoms with Gasteiger partial charge in [0.15, 0.2) is 0 Å². The first-order chi connectivity index (χ1) is 10.2. The van der Waals surface area contributed by atoms with Gasteiger partial charge in [0, 0.05) is 12.2 Å². The summed E-state index contributed by atoms with van der Waals surface area (Å²) < 4.78 is 2.20. The molecule has 1 aromatic rings. The van der Waals surface area contributed by atoms with Crippen LogP contribution in [0.5, 0.6) is 0 Å². The Balaban J connectivity index is 2.07. The topological polar surface area (TPSA) is 29.9 Å². The van der Waals surface area contributed by atoms with Crippen LogP contribution in [0.25, 0.3) is 0 Å². The molecule has 0 aliphatic heterocycles. The first-order valence-corrected chi connectivity index (χ1v) is 8.85. The standard InChI is InChI=1S/C18H33N3/c1-5-7-15-8-9-16(13-19-4)17(11-15)12-18-10-14(3)20-21(18)6-2/h10,15-17,19H,5-9,11-13H2,1-4H3. The lowest BCUT2D eigenvalue weighted by molar-refractivity contribution is 0.167. The smallest absolute Gasteiger partial charge is 0.0596 e. The predicted molar refractivity (Wildman–Crippen MR) is 89.5 cm³/mol. The van der Waals surface area contributed by atoms with E-state index in [2.05, 4.69) is 49.0 Å². The lowest BCUT2D eigenvalue weighted by Crippen LogP contribution is -2.33. The molecule has 3 nitrogen and oxygen atoms in total. The van der Waals surface area contributed by atoms with Gasteiger partial charge in [-0.1, -0.05) is 26.2 Å². The summed E-state index contributed by atoms with van der Waals surface area (Å²) in [6.07, 6.45) is 8.20. The molecule has 1 aliphatic carbocycles. The van der Waals surface area contributed by atoms with Crippen LogP contribution in [0.1, 0.15) is 57.3 Å². The first-order valence-electron chi connectivity index (χ1n) is 8.85. The van der Waals surface area contributed by atoms with Crippen LogP contribution in [0, 0.1) is 24.7 Å². The quantitative estimate of drug-likeness (QED) is 0.828. The molecular weight excluding hydrogens is 258 g/mol. The largest absolute Gasteiger partial charge is 0.319 e. The fraction of sp³-hybridized carbons (Fsp3) is 0.833. The van der Waals surface area contributed by atoms with Crippen molar-refractivity contribution in [3.05, 3.63) is 17.5 Å². The predicted octanol–water partition coefficient (Wildman–Crippen LogP) is 3.81. The van der Waals surface area contributed by atoms with Gasteiger partial charge in [-0.25, -0.2) is 0 Å². The van der Waals surface area contributed by atoms with E-state index >= 15 is 0 Å². The highest BCUT2D eigenvalue weighted by Crippen LogP contribution is 2.37. The minimum atomic E-state index is 0.823. The Morgan fingerprint density at radius 3 is 2.76 bits per heavy atom. The SMILES string of the molecule is CCCC1CCC(CNC)C(Cc2cc(C)nn2CC)C1. The molecule has 0 radical (unpaired) electrons. The number of nitrogens with one attached hydrogen (secondary N) is 1. The number of aromatic nitrogens is 2. The molecule has 21 heavy (non-hydrogen) atoms. The highest BCUT2D eigenvalue weighted by molar-refractivity contribution is 5.10. The van der Waals surface area contributed by atoms with Crippen LogP contribution in [0.15, 0.2) is 6.07 Å². The van der Waals surface area contributed by atoms with Gasteiger partial charge >= 0.3 is 0 Å². The number of rotatable bonds is 7. The minimum absolute atomic E-state index is 0.823. The zero-order chi connectivity index (χ0) is 15.2. The van der Waals surface area contributed by atoms with Gasteiger partial charge in [-0.05, 0) is 70.5 Å². The Hall–Kier alpha value is -0.830. The molecule has 120 valence electrons. The van der Waals surface area contributed by atoms with Crippen LogP contribution in [0.2, 0.25) is 0 Å². The molecule has 3 unspecified atom stereocenters. The maximum absolute atomic E-state index is 4.62. The van der Waals surface area contributed by atoms with Gasteiger partial charge in [-0.15, -0.1) is 0 Å². The zero-order valence-corrected chi connectivity index (χ0v) is 14.4. The Kier molecular flexibility index (Phi) is 6.28. The summed E-state index contributed by atoms with van der Waals surface area (Å²) in [7, 11) is 2.09. The molecule has 1 heterocycles. The molecule has 1 aromatic heterocycles. The Morgan fingerprint density at radius 1 is 1.29 bits per heavy atom. The molecule has 3 atom stereocenters. The molecule has 0 saturated heterocycles. The molecule has 3 heteroatoms. The molecule has 1 N–H and O–H groups in total. The Bertz CT molecular complexity index is 424. The lowest BCUT2D eigenvalue weighted by Gasteiger charge is -2.36. The molecule has 1 saturated carbocycles.